The number of aromatic nitrogens is 1. The number of aliphatic carboxylic acids is 1. The van der Waals surface area contributed by atoms with E-state index in [1.165, 1.54) is 27.7 Å². The zero-order valence-corrected chi connectivity index (χ0v) is 10.1. The van der Waals surface area contributed by atoms with Gasteiger partial charge in [0.2, 0.25) is 0 Å². The highest BCUT2D eigenvalue weighted by atomic mass is 16.4. The number of para-hydroxylation sites is 1. The molecule has 1 aliphatic heterocycles. The second kappa shape index (κ2) is 3.37. The number of carboxylic acid groups (broad SMARTS) is 1. The molecule has 0 amide bonds. The van der Waals surface area contributed by atoms with Gasteiger partial charge in [-0.05, 0) is 36.8 Å². The molecule has 3 heteroatoms. The van der Waals surface area contributed by atoms with Crippen molar-refractivity contribution in [1.29, 1.82) is 0 Å². The second-order valence-electron chi connectivity index (χ2n) is 5.42. The Labute approximate surface area is 105 Å². The molecule has 2 aliphatic rings. The topological polar surface area (TPSA) is 42.2 Å². The first kappa shape index (κ1) is 10.2. The van der Waals surface area contributed by atoms with Gasteiger partial charge >= 0.3 is 5.97 Å². The average Bonchev–Trinajstić information content (AvgIpc) is 2.94. The van der Waals surface area contributed by atoms with E-state index in [2.05, 4.69) is 22.8 Å². The van der Waals surface area contributed by atoms with Crippen LogP contribution in [0.25, 0.3) is 10.9 Å². The van der Waals surface area contributed by atoms with E-state index >= 15 is 0 Å². The fourth-order valence-electron chi connectivity index (χ4n) is 3.67. The van der Waals surface area contributed by atoms with Gasteiger partial charge in [0.1, 0.15) is 0 Å². The van der Waals surface area contributed by atoms with Crippen molar-refractivity contribution in [2.45, 2.75) is 32.2 Å². The zero-order valence-electron chi connectivity index (χ0n) is 10.1. The summed E-state index contributed by atoms with van der Waals surface area (Å²) in [5.74, 6) is -0.839. The summed E-state index contributed by atoms with van der Waals surface area (Å²) in [6, 6.07) is 6.47. The monoisotopic (exact) mass is 241 g/mol. The summed E-state index contributed by atoms with van der Waals surface area (Å²) in [4.78, 5) is 11.2. The van der Waals surface area contributed by atoms with Crippen molar-refractivity contribution in [2.75, 3.05) is 0 Å². The van der Waals surface area contributed by atoms with Crippen LogP contribution in [-0.2, 0) is 30.6 Å². The van der Waals surface area contributed by atoms with Crippen molar-refractivity contribution in [3.8, 4) is 0 Å². The van der Waals surface area contributed by atoms with E-state index in [4.69, 9.17) is 0 Å². The SMILES string of the molecule is O=C(O)C1CCc2c(c3cccc4c3n2CC4)C1. The molecule has 1 unspecified atom stereocenters. The molecule has 0 radical (unpaired) electrons. The van der Waals surface area contributed by atoms with Gasteiger partial charge < -0.3 is 9.67 Å². The number of nitrogens with zero attached hydrogens (tertiary/aromatic N) is 1. The van der Waals surface area contributed by atoms with Crippen LogP contribution in [-0.4, -0.2) is 15.6 Å². The molecule has 0 fully saturated rings. The standard InChI is InChI=1S/C15H15NO2/c17-15(18)10-4-5-13-12(8-10)11-3-1-2-9-6-7-16(13)14(9)11/h1-3,10H,4-8H2,(H,17,18). The average molecular weight is 241 g/mol. The van der Waals surface area contributed by atoms with Crippen molar-refractivity contribution in [2.24, 2.45) is 5.92 Å². The van der Waals surface area contributed by atoms with Crippen LogP contribution in [0.1, 0.15) is 23.2 Å². The van der Waals surface area contributed by atoms with Crippen molar-refractivity contribution in [1.82, 2.24) is 4.57 Å². The van der Waals surface area contributed by atoms with E-state index in [0.29, 0.717) is 6.42 Å². The predicted molar refractivity (Wildman–Crippen MR) is 68.8 cm³/mol. The van der Waals surface area contributed by atoms with Crippen molar-refractivity contribution in [3.63, 3.8) is 0 Å². The Morgan fingerprint density at radius 1 is 1.33 bits per heavy atom. The fourth-order valence-corrected chi connectivity index (χ4v) is 3.67. The molecule has 18 heavy (non-hydrogen) atoms. The highest BCUT2D eigenvalue weighted by Gasteiger charge is 2.31. The number of carboxylic acids is 1. The molecule has 4 rings (SSSR count). The van der Waals surface area contributed by atoms with E-state index in [9.17, 15) is 9.90 Å². The molecule has 0 saturated carbocycles. The normalized spacial score (nSPS) is 21.2. The molecule has 1 aromatic carbocycles. The number of fused-ring (bicyclic) bond motifs is 3. The lowest BCUT2D eigenvalue weighted by molar-refractivity contribution is -0.142. The fraction of sp³-hybridized carbons (Fsp3) is 0.400. The van der Waals surface area contributed by atoms with E-state index < -0.39 is 5.97 Å². The molecule has 1 aliphatic carbocycles. The Balaban J connectivity index is 1.96. The van der Waals surface area contributed by atoms with Crippen LogP contribution < -0.4 is 0 Å². The van der Waals surface area contributed by atoms with Crippen molar-refractivity contribution < 1.29 is 9.90 Å². The Hall–Kier alpha value is -1.77. The van der Waals surface area contributed by atoms with Crippen LogP contribution in [0.5, 0.6) is 0 Å². The first-order valence-electron chi connectivity index (χ1n) is 6.60. The third kappa shape index (κ3) is 1.17. The molecule has 92 valence electrons. The number of rotatable bonds is 1. The maximum absolute atomic E-state index is 11.2. The molecule has 0 saturated heterocycles. The second-order valence-corrected chi connectivity index (χ2v) is 5.42. The molecular formula is C15H15NO2. The Kier molecular flexibility index (Phi) is 1.91. The summed E-state index contributed by atoms with van der Waals surface area (Å²) in [5, 5.41) is 10.5. The quantitative estimate of drug-likeness (QED) is 0.833. The number of carbonyl (C=O) groups is 1. The van der Waals surface area contributed by atoms with Gasteiger partial charge in [-0.3, -0.25) is 4.79 Å². The van der Waals surface area contributed by atoms with Gasteiger partial charge in [0, 0.05) is 17.6 Å². The van der Waals surface area contributed by atoms with Crippen molar-refractivity contribution >= 4 is 16.9 Å². The largest absolute Gasteiger partial charge is 0.481 e. The minimum atomic E-state index is -0.644. The minimum Gasteiger partial charge on any atom is -0.481 e. The maximum Gasteiger partial charge on any atom is 0.306 e. The van der Waals surface area contributed by atoms with Gasteiger partial charge in [0.15, 0.2) is 0 Å². The highest BCUT2D eigenvalue weighted by molar-refractivity contribution is 5.90. The van der Waals surface area contributed by atoms with Crippen LogP contribution >= 0.6 is 0 Å². The predicted octanol–water partition coefficient (Wildman–Crippen LogP) is 2.39. The summed E-state index contributed by atoms with van der Waals surface area (Å²) < 4.78 is 2.43. The van der Waals surface area contributed by atoms with Gasteiger partial charge in [-0.2, -0.15) is 0 Å². The molecular weight excluding hydrogens is 226 g/mol. The molecule has 2 aromatic rings. The molecule has 1 aromatic heterocycles. The third-order valence-corrected chi connectivity index (χ3v) is 4.52. The number of hydrogen-bond donors (Lipinski definition) is 1. The molecule has 3 nitrogen and oxygen atoms in total. The third-order valence-electron chi connectivity index (χ3n) is 4.52. The first-order valence-corrected chi connectivity index (χ1v) is 6.60. The van der Waals surface area contributed by atoms with E-state index in [0.717, 1.165) is 25.8 Å². The maximum atomic E-state index is 11.2. The smallest absolute Gasteiger partial charge is 0.306 e. The van der Waals surface area contributed by atoms with Gasteiger partial charge in [0.25, 0.3) is 0 Å². The Bertz CT molecular complexity index is 669. The van der Waals surface area contributed by atoms with Gasteiger partial charge in [-0.1, -0.05) is 18.2 Å². The summed E-state index contributed by atoms with van der Waals surface area (Å²) in [6.45, 7) is 1.07. The van der Waals surface area contributed by atoms with Crippen LogP contribution in [0, 0.1) is 5.92 Å². The summed E-state index contributed by atoms with van der Waals surface area (Å²) in [6.07, 6.45) is 3.54. The lowest BCUT2D eigenvalue weighted by atomic mass is 9.86. The lowest BCUT2D eigenvalue weighted by Crippen LogP contribution is -2.22. The molecule has 0 bridgehead atoms. The highest BCUT2D eigenvalue weighted by Crippen LogP contribution is 2.38. The van der Waals surface area contributed by atoms with Crippen molar-refractivity contribution in [3.05, 3.63) is 35.0 Å². The number of benzene rings is 1. The summed E-state index contributed by atoms with van der Waals surface area (Å²) in [7, 11) is 0. The number of hydrogen-bond acceptors (Lipinski definition) is 1. The molecule has 2 heterocycles. The summed E-state index contributed by atoms with van der Waals surface area (Å²) >= 11 is 0. The first-order chi connectivity index (χ1) is 8.75. The Morgan fingerprint density at radius 3 is 3.06 bits per heavy atom. The molecule has 1 N–H and O–H groups in total. The zero-order chi connectivity index (χ0) is 12.3. The molecule has 1 atom stereocenters. The summed E-state index contributed by atoms with van der Waals surface area (Å²) in [5.41, 5.74) is 5.49. The van der Waals surface area contributed by atoms with Gasteiger partial charge in [-0.25, -0.2) is 0 Å². The van der Waals surface area contributed by atoms with Crippen LogP contribution in [0.3, 0.4) is 0 Å². The van der Waals surface area contributed by atoms with Crippen LogP contribution in [0.4, 0.5) is 0 Å². The van der Waals surface area contributed by atoms with Gasteiger partial charge in [0.05, 0.1) is 11.4 Å². The van der Waals surface area contributed by atoms with E-state index in [1.807, 2.05) is 0 Å². The van der Waals surface area contributed by atoms with E-state index in [1.54, 1.807) is 0 Å². The van der Waals surface area contributed by atoms with Crippen LogP contribution in [0.2, 0.25) is 0 Å². The number of aryl methyl sites for hydroxylation is 2. The van der Waals surface area contributed by atoms with Gasteiger partial charge in [-0.15, -0.1) is 0 Å². The minimum absolute atomic E-state index is 0.195. The lowest BCUT2D eigenvalue weighted by Gasteiger charge is -2.20. The Morgan fingerprint density at radius 2 is 2.22 bits per heavy atom. The van der Waals surface area contributed by atoms with E-state index in [-0.39, 0.29) is 5.92 Å². The molecule has 0 spiro atoms. The van der Waals surface area contributed by atoms with Crippen LogP contribution in [0.15, 0.2) is 18.2 Å².